The van der Waals surface area contributed by atoms with Gasteiger partial charge in [-0.1, -0.05) is 6.92 Å². The zero-order valence-electron chi connectivity index (χ0n) is 16.9. The molecule has 5 rings (SSSR count). The maximum Gasteiger partial charge on any atom is 0.306 e. The van der Waals surface area contributed by atoms with Crippen molar-refractivity contribution in [3.05, 3.63) is 29.8 Å². The van der Waals surface area contributed by atoms with Crippen molar-refractivity contribution in [1.82, 2.24) is 0 Å². The number of rotatable bonds is 7. The SMILES string of the molecule is CCC(=O)Nc1ccc(C(=O)COC(=O)CC23C[C@@H]4C[C@@H](CC(O)(C4)C2)C3)cc1. The first-order valence-electron chi connectivity index (χ1n) is 10.6. The molecule has 29 heavy (non-hydrogen) atoms. The fourth-order valence-electron chi connectivity index (χ4n) is 6.18. The van der Waals surface area contributed by atoms with Gasteiger partial charge in [-0.15, -0.1) is 0 Å². The van der Waals surface area contributed by atoms with Gasteiger partial charge in [-0.25, -0.2) is 0 Å². The molecule has 1 amide bonds. The summed E-state index contributed by atoms with van der Waals surface area (Å²) in [6, 6.07) is 6.57. The van der Waals surface area contributed by atoms with E-state index in [2.05, 4.69) is 5.32 Å². The van der Waals surface area contributed by atoms with E-state index in [1.807, 2.05) is 0 Å². The molecule has 4 saturated carbocycles. The van der Waals surface area contributed by atoms with Gasteiger partial charge in [-0.3, -0.25) is 14.4 Å². The Kier molecular flexibility index (Phi) is 5.23. The number of carbonyl (C=O) groups is 3. The molecule has 2 N–H and O–H groups in total. The lowest BCUT2D eigenvalue weighted by atomic mass is 9.47. The second-order valence-electron chi connectivity index (χ2n) is 9.43. The van der Waals surface area contributed by atoms with Crippen LogP contribution in [0.4, 0.5) is 5.69 Å². The second-order valence-corrected chi connectivity index (χ2v) is 9.43. The van der Waals surface area contributed by atoms with Crippen molar-refractivity contribution in [2.24, 2.45) is 17.3 Å². The van der Waals surface area contributed by atoms with E-state index in [1.165, 1.54) is 6.42 Å². The van der Waals surface area contributed by atoms with Gasteiger partial charge in [0.05, 0.1) is 12.0 Å². The minimum absolute atomic E-state index is 0.0904. The predicted molar refractivity (Wildman–Crippen MR) is 107 cm³/mol. The van der Waals surface area contributed by atoms with Crippen molar-refractivity contribution in [2.45, 2.75) is 63.9 Å². The van der Waals surface area contributed by atoms with Crippen LogP contribution in [0.2, 0.25) is 0 Å². The number of ketones is 1. The van der Waals surface area contributed by atoms with Crippen LogP contribution in [0.3, 0.4) is 0 Å². The molecule has 4 fully saturated rings. The number of hydrogen-bond donors (Lipinski definition) is 2. The fraction of sp³-hybridized carbons (Fsp3) is 0.609. The Morgan fingerprint density at radius 2 is 1.76 bits per heavy atom. The van der Waals surface area contributed by atoms with Crippen LogP contribution in [0.5, 0.6) is 0 Å². The number of anilines is 1. The monoisotopic (exact) mass is 399 g/mol. The Labute approximate surface area is 171 Å². The quantitative estimate of drug-likeness (QED) is 0.541. The van der Waals surface area contributed by atoms with E-state index in [0.717, 1.165) is 25.7 Å². The molecule has 1 aromatic carbocycles. The van der Waals surface area contributed by atoms with Gasteiger partial charge in [0, 0.05) is 17.7 Å². The average molecular weight is 399 g/mol. The summed E-state index contributed by atoms with van der Waals surface area (Å²) >= 11 is 0. The van der Waals surface area contributed by atoms with Gasteiger partial charge in [-0.2, -0.15) is 0 Å². The van der Waals surface area contributed by atoms with E-state index in [4.69, 9.17) is 4.74 Å². The van der Waals surface area contributed by atoms with Crippen LogP contribution in [-0.2, 0) is 14.3 Å². The topological polar surface area (TPSA) is 92.7 Å². The highest BCUT2D eigenvalue weighted by molar-refractivity contribution is 5.98. The molecule has 0 aliphatic heterocycles. The first kappa shape index (κ1) is 20.1. The minimum atomic E-state index is -0.602. The van der Waals surface area contributed by atoms with E-state index < -0.39 is 5.60 Å². The summed E-state index contributed by atoms with van der Waals surface area (Å²) in [6.45, 7) is 1.48. The highest BCUT2D eigenvalue weighted by Crippen LogP contribution is 2.62. The van der Waals surface area contributed by atoms with Crippen molar-refractivity contribution in [2.75, 3.05) is 11.9 Å². The number of ether oxygens (including phenoxy) is 1. The first-order chi connectivity index (χ1) is 13.8. The molecule has 4 bridgehead atoms. The first-order valence-corrected chi connectivity index (χ1v) is 10.6. The van der Waals surface area contributed by atoms with Crippen LogP contribution in [0.1, 0.15) is 68.6 Å². The molecule has 4 aliphatic carbocycles. The Bertz CT molecular complexity index is 801. The molecule has 4 atom stereocenters. The molecule has 1 aromatic rings. The lowest BCUT2D eigenvalue weighted by Gasteiger charge is -2.60. The maximum atomic E-state index is 12.5. The largest absolute Gasteiger partial charge is 0.457 e. The van der Waals surface area contributed by atoms with Crippen LogP contribution in [-0.4, -0.2) is 35.0 Å². The standard InChI is InChI=1S/C23H29NO5/c1-2-20(26)24-18-5-3-17(4-6-18)19(25)13-29-21(27)12-22-8-15-7-16(9-22)11-23(28,10-15)14-22/h3-6,15-16,28H,2,7-14H2,1H3,(H,24,26)/t15-,16+,22?,23?. The molecule has 2 unspecified atom stereocenters. The third-order valence-electron chi connectivity index (χ3n) is 6.85. The van der Waals surface area contributed by atoms with Gasteiger partial charge in [0.15, 0.2) is 12.4 Å². The normalized spacial score (nSPS) is 32.1. The number of benzene rings is 1. The van der Waals surface area contributed by atoms with Gasteiger partial charge in [0.2, 0.25) is 5.91 Å². The van der Waals surface area contributed by atoms with E-state index in [-0.39, 0.29) is 36.1 Å². The number of hydrogen-bond acceptors (Lipinski definition) is 5. The Balaban J connectivity index is 1.30. The van der Waals surface area contributed by atoms with E-state index in [0.29, 0.717) is 35.9 Å². The Morgan fingerprint density at radius 3 is 2.34 bits per heavy atom. The lowest BCUT2D eigenvalue weighted by Crippen LogP contribution is -2.56. The van der Waals surface area contributed by atoms with Crippen LogP contribution < -0.4 is 5.32 Å². The number of esters is 1. The zero-order chi connectivity index (χ0) is 20.6. The summed E-state index contributed by atoms with van der Waals surface area (Å²) < 4.78 is 5.30. The van der Waals surface area contributed by atoms with Crippen LogP contribution in [0.15, 0.2) is 24.3 Å². The van der Waals surface area contributed by atoms with Gasteiger partial charge in [-0.05, 0) is 80.0 Å². The number of Topliss-reactive ketones (excluding diaryl/α,β-unsaturated/α-hetero) is 1. The molecule has 6 nitrogen and oxygen atoms in total. The molecule has 0 radical (unpaired) electrons. The number of carbonyl (C=O) groups excluding carboxylic acids is 3. The van der Waals surface area contributed by atoms with Crippen molar-refractivity contribution in [1.29, 1.82) is 0 Å². The zero-order valence-corrected chi connectivity index (χ0v) is 16.9. The van der Waals surface area contributed by atoms with Crippen LogP contribution in [0, 0.1) is 17.3 Å². The predicted octanol–water partition coefficient (Wildman–Crippen LogP) is 3.48. The molecular formula is C23H29NO5. The van der Waals surface area contributed by atoms with Crippen molar-refractivity contribution < 1.29 is 24.2 Å². The van der Waals surface area contributed by atoms with E-state index >= 15 is 0 Å². The summed E-state index contributed by atoms with van der Waals surface area (Å²) in [5, 5.41) is 13.5. The highest BCUT2D eigenvalue weighted by Gasteiger charge is 2.57. The summed E-state index contributed by atoms with van der Waals surface area (Å²) in [4.78, 5) is 36.2. The molecule has 0 aromatic heterocycles. The minimum Gasteiger partial charge on any atom is -0.457 e. The lowest BCUT2D eigenvalue weighted by molar-refractivity contribution is -0.176. The summed E-state index contributed by atoms with van der Waals surface area (Å²) in [7, 11) is 0. The number of aliphatic hydroxyl groups is 1. The Hall–Kier alpha value is -2.21. The van der Waals surface area contributed by atoms with Crippen molar-refractivity contribution >= 4 is 23.3 Å². The van der Waals surface area contributed by atoms with Gasteiger partial charge < -0.3 is 15.2 Å². The van der Waals surface area contributed by atoms with Crippen LogP contribution in [0.25, 0.3) is 0 Å². The average Bonchev–Trinajstić information content (AvgIpc) is 2.64. The van der Waals surface area contributed by atoms with Gasteiger partial charge in [0.1, 0.15) is 0 Å². The molecule has 156 valence electrons. The van der Waals surface area contributed by atoms with Gasteiger partial charge >= 0.3 is 5.97 Å². The summed E-state index contributed by atoms with van der Waals surface area (Å²) in [6.07, 6.45) is 6.24. The molecule has 0 spiro atoms. The van der Waals surface area contributed by atoms with Gasteiger partial charge in [0.25, 0.3) is 0 Å². The third kappa shape index (κ3) is 4.37. The number of nitrogens with one attached hydrogen (secondary N) is 1. The smallest absolute Gasteiger partial charge is 0.306 e. The maximum absolute atomic E-state index is 12.5. The second kappa shape index (κ2) is 7.56. The summed E-state index contributed by atoms with van der Waals surface area (Å²) in [5.41, 5.74) is 0.314. The number of amides is 1. The fourth-order valence-corrected chi connectivity index (χ4v) is 6.18. The van der Waals surface area contributed by atoms with E-state index in [1.54, 1.807) is 31.2 Å². The molecular weight excluding hydrogens is 370 g/mol. The summed E-state index contributed by atoms with van der Waals surface area (Å²) in [5.74, 6) is 0.323. The molecule has 6 heteroatoms. The molecule has 0 heterocycles. The van der Waals surface area contributed by atoms with Crippen molar-refractivity contribution in [3.63, 3.8) is 0 Å². The van der Waals surface area contributed by atoms with E-state index in [9.17, 15) is 19.5 Å². The molecule has 4 aliphatic rings. The third-order valence-corrected chi connectivity index (χ3v) is 6.85. The Morgan fingerprint density at radius 1 is 1.10 bits per heavy atom. The highest BCUT2D eigenvalue weighted by atomic mass is 16.5. The van der Waals surface area contributed by atoms with Crippen molar-refractivity contribution in [3.8, 4) is 0 Å². The van der Waals surface area contributed by atoms with Crippen LogP contribution >= 0.6 is 0 Å². The molecule has 0 saturated heterocycles.